The maximum absolute atomic E-state index is 11.1. The Labute approximate surface area is 101 Å². The van der Waals surface area contributed by atoms with Crippen LogP contribution in [0.3, 0.4) is 0 Å². The predicted molar refractivity (Wildman–Crippen MR) is 64.5 cm³/mol. The van der Waals surface area contributed by atoms with Crippen molar-refractivity contribution in [2.75, 3.05) is 20.8 Å². The monoisotopic (exact) mass is 238 g/mol. The number of hydrogen-bond acceptors (Lipinski definition) is 4. The van der Waals surface area contributed by atoms with Crippen LogP contribution in [0.15, 0.2) is 18.2 Å². The maximum Gasteiger partial charge on any atom is 0.305 e. The third-order valence-corrected chi connectivity index (χ3v) is 2.40. The predicted octanol–water partition coefficient (Wildman–Crippen LogP) is 2.20. The van der Waals surface area contributed by atoms with E-state index in [0.717, 1.165) is 17.1 Å². The first-order valence-corrected chi connectivity index (χ1v) is 5.57. The zero-order chi connectivity index (χ0) is 12.7. The lowest BCUT2D eigenvalue weighted by atomic mass is 10.1. The van der Waals surface area contributed by atoms with Crippen molar-refractivity contribution in [3.8, 4) is 11.5 Å². The van der Waals surface area contributed by atoms with Crippen LogP contribution >= 0.6 is 0 Å². The van der Waals surface area contributed by atoms with Gasteiger partial charge in [0.1, 0.15) is 11.5 Å². The Hall–Kier alpha value is -1.71. The molecule has 1 aromatic rings. The van der Waals surface area contributed by atoms with Crippen molar-refractivity contribution in [1.82, 2.24) is 0 Å². The molecule has 1 aromatic carbocycles. The van der Waals surface area contributed by atoms with Gasteiger partial charge in [-0.25, -0.2) is 0 Å². The van der Waals surface area contributed by atoms with Crippen LogP contribution in [0, 0.1) is 0 Å². The fourth-order valence-electron chi connectivity index (χ4n) is 1.53. The van der Waals surface area contributed by atoms with E-state index in [0.29, 0.717) is 19.4 Å². The van der Waals surface area contributed by atoms with Crippen molar-refractivity contribution >= 4 is 5.97 Å². The molecule has 0 aliphatic heterocycles. The van der Waals surface area contributed by atoms with E-state index in [9.17, 15) is 4.79 Å². The van der Waals surface area contributed by atoms with E-state index in [1.165, 1.54) is 7.11 Å². The Kier molecular flexibility index (Phi) is 5.33. The lowest BCUT2D eigenvalue weighted by molar-refractivity contribution is -0.140. The molecule has 0 spiro atoms. The van der Waals surface area contributed by atoms with Crippen molar-refractivity contribution in [3.63, 3.8) is 0 Å². The van der Waals surface area contributed by atoms with Gasteiger partial charge in [-0.1, -0.05) is 6.07 Å². The summed E-state index contributed by atoms with van der Waals surface area (Å²) in [5, 5.41) is 0. The molecule has 17 heavy (non-hydrogen) atoms. The largest absolute Gasteiger partial charge is 0.496 e. The summed E-state index contributed by atoms with van der Waals surface area (Å²) in [7, 11) is 2.99. The average Bonchev–Trinajstić information content (AvgIpc) is 2.36. The number of benzene rings is 1. The lowest BCUT2D eigenvalue weighted by Gasteiger charge is -2.10. The first kappa shape index (κ1) is 13.4. The second-order valence-corrected chi connectivity index (χ2v) is 3.48. The Balaban J connectivity index is 2.74. The number of ether oxygens (including phenoxy) is 3. The minimum absolute atomic E-state index is 0.221. The van der Waals surface area contributed by atoms with Crippen LogP contribution in [0.2, 0.25) is 0 Å². The summed E-state index contributed by atoms with van der Waals surface area (Å²) in [5.41, 5.74) is 0.973. The van der Waals surface area contributed by atoms with Crippen molar-refractivity contribution in [2.45, 2.75) is 19.8 Å². The van der Waals surface area contributed by atoms with E-state index in [2.05, 4.69) is 4.74 Å². The van der Waals surface area contributed by atoms with Crippen molar-refractivity contribution < 1.29 is 19.0 Å². The van der Waals surface area contributed by atoms with Crippen LogP contribution in [0.5, 0.6) is 11.5 Å². The van der Waals surface area contributed by atoms with Gasteiger partial charge in [0.05, 0.1) is 20.8 Å². The molecular formula is C13H18O4. The second kappa shape index (κ2) is 6.78. The molecule has 4 heteroatoms. The van der Waals surface area contributed by atoms with Crippen LogP contribution in [0.4, 0.5) is 0 Å². The number of methoxy groups -OCH3 is 2. The fourth-order valence-corrected chi connectivity index (χ4v) is 1.53. The van der Waals surface area contributed by atoms with E-state index in [1.54, 1.807) is 7.11 Å². The number of esters is 1. The standard InChI is InChI=1S/C13H18O4/c1-4-17-11-7-5-10(12(9-11)15-2)6-8-13(14)16-3/h5,7,9H,4,6,8H2,1-3H3. The van der Waals surface area contributed by atoms with Crippen LogP contribution in [0.1, 0.15) is 18.9 Å². The van der Waals surface area contributed by atoms with Crippen LogP contribution in [-0.4, -0.2) is 26.8 Å². The maximum atomic E-state index is 11.1. The average molecular weight is 238 g/mol. The van der Waals surface area contributed by atoms with Crippen LogP contribution in [-0.2, 0) is 16.0 Å². The van der Waals surface area contributed by atoms with Gasteiger partial charge < -0.3 is 14.2 Å². The minimum Gasteiger partial charge on any atom is -0.496 e. The molecule has 0 saturated heterocycles. The molecule has 0 N–H and O–H groups in total. The van der Waals surface area contributed by atoms with Gasteiger partial charge in [0.2, 0.25) is 0 Å². The SMILES string of the molecule is CCOc1ccc(CCC(=O)OC)c(OC)c1. The topological polar surface area (TPSA) is 44.8 Å². The molecule has 0 unspecified atom stereocenters. The summed E-state index contributed by atoms with van der Waals surface area (Å²) < 4.78 is 15.2. The third-order valence-electron chi connectivity index (χ3n) is 2.40. The Morgan fingerprint density at radius 1 is 1.29 bits per heavy atom. The molecular weight excluding hydrogens is 220 g/mol. The van der Waals surface area contributed by atoms with Gasteiger partial charge in [0, 0.05) is 12.5 Å². The van der Waals surface area contributed by atoms with E-state index < -0.39 is 0 Å². The highest BCUT2D eigenvalue weighted by Crippen LogP contribution is 2.25. The zero-order valence-electron chi connectivity index (χ0n) is 10.5. The molecule has 4 nitrogen and oxygen atoms in total. The van der Waals surface area contributed by atoms with E-state index in [1.807, 2.05) is 25.1 Å². The highest BCUT2D eigenvalue weighted by atomic mass is 16.5. The summed E-state index contributed by atoms with van der Waals surface area (Å²) in [6.45, 7) is 2.54. The Bertz CT molecular complexity index is 374. The summed E-state index contributed by atoms with van der Waals surface area (Å²) in [6.07, 6.45) is 0.948. The van der Waals surface area contributed by atoms with Gasteiger partial charge in [-0.3, -0.25) is 4.79 Å². The summed E-state index contributed by atoms with van der Waals surface area (Å²) in [4.78, 5) is 11.1. The van der Waals surface area contributed by atoms with Crippen molar-refractivity contribution in [2.24, 2.45) is 0 Å². The number of aryl methyl sites for hydroxylation is 1. The van der Waals surface area contributed by atoms with Crippen molar-refractivity contribution in [3.05, 3.63) is 23.8 Å². The molecule has 0 radical (unpaired) electrons. The normalized spacial score (nSPS) is 9.82. The summed E-state index contributed by atoms with van der Waals surface area (Å²) >= 11 is 0. The number of carbonyl (C=O) groups is 1. The van der Waals surface area contributed by atoms with Crippen LogP contribution in [0.25, 0.3) is 0 Å². The Morgan fingerprint density at radius 3 is 2.65 bits per heavy atom. The first-order chi connectivity index (χ1) is 8.21. The molecule has 0 fully saturated rings. The van der Waals surface area contributed by atoms with Gasteiger partial charge >= 0.3 is 5.97 Å². The third kappa shape index (κ3) is 3.98. The molecule has 0 aliphatic carbocycles. The van der Waals surface area contributed by atoms with E-state index in [-0.39, 0.29) is 5.97 Å². The quantitative estimate of drug-likeness (QED) is 0.713. The molecule has 0 heterocycles. The summed E-state index contributed by atoms with van der Waals surface area (Å²) in [5.74, 6) is 1.28. The number of carbonyl (C=O) groups excluding carboxylic acids is 1. The molecule has 0 aliphatic rings. The lowest BCUT2D eigenvalue weighted by Crippen LogP contribution is -2.03. The number of hydrogen-bond donors (Lipinski definition) is 0. The molecule has 1 rings (SSSR count). The van der Waals surface area contributed by atoms with Gasteiger partial charge in [-0.2, -0.15) is 0 Å². The van der Waals surface area contributed by atoms with Crippen molar-refractivity contribution in [1.29, 1.82) is 0 Å². The fraction of sp³-hybridized carbons (Fsp3) is 0.462. The summed E-state index contributed by atoms with van der Waals surface area (Å²) in [6, 6.07) is 5.61. The minimum atomic E-state index is -0.221. The smallest absolute Gasteiger partial charge is 0.305 e. The molecule has 94 valence electrons. The van der Waals surface area contributed by atoms with Gasteiger partial charge in [0.25, 0.3) is 0 Å². The van der Waals surface area contributed by atoms with Gasteiger partial charge in [-0.15, -0.1) is 0 Å². The van der Waals surface area contributed by atoms with Crippen LogP contribution < -0.4 is 9.47 Å². The zero-order valence-corrected chi connectivity index (χ0v) is 10.5. The molecule has 0 amide bonds. The molecule has 0 saturated carbocycles. The Morgan fingerprint density at radius 2 is 2.06 bits per heavy atom. The second-order valence-electron chi connectivity index (χ2n) is 3.48. The highest BCUT2D eigenvalue weighted by Gasteiger charge is 2.08. The highest BCUT2D eigenvalue weighted by molar-refractivity contribution is 5.69. The van der Waals surface area contributed by atoms with E-state index >= 15 is 0 Å². The molecule has 0 bridgehead atoms. The van der Waals surface area contributed by atoms with Gasteiger partial charge in [0.15, 0.2) is 0 Å². The number of rotatable bonds is 6. The molecule has 0 aromatic heterocycles. The first-order valence-electron chi connectivity index (χ1n) is 5.57. The molecule has 0 atom stereocenters. The van der Waals surface area contributed by atoms with Gasteiger partial charge in [-0.05, 0) is 25.0 Å². The van der Waals surface area contributed by atoms with E-state index in [4.69, 9.17) is 9.47 Å².